The molecule has 0 saturated heterocycles. The molecule has 1 aromatic heterocycles. The fraction of sp³-hybridized carbons (Fsp3) is 0.700. The van der Waals surface area contributed by atoms with Crippen molar-refractivity contribution in [3.63, 3.8) is 0 Å². The summed E-state index contributed by atoms with van der Waals surface area (Å²) in [6.45, 7) is 6.45. The molecular weight excluding hydrogens is 182 g/mol. The summed E-state index contributed by atoms with van der Waals surface area (Å²) in [7, 11) is 0. The van der Waals surface area contributed by atoms with Crippen molar-refractivity contribution < 1.29 is 5.11 Å². The van der Waals surface area contributed by atoms with Crippen molar-refractivity contribution in [2.24, 2.45) is 5.41 Å². The van der Waals surface area contributed by atoms with Crippen LogP contribution in [0, 0.1) is 12.3 Å². The second kappa shape index (κ2) is 4.20. The molecule has 0 aliphatic carbocycles. The summed E-state index contributed by atoms with van der Waals surface area (Å²) in [4.78, 5) is 4.40. The van der Waals surface area contributed by atoms with E-state index in [0.29, 0.717) is 0 Å². The first-order chi connectivity index (χ1) is 6.09. The van der Waals surface area contributed by atoms with E-state index in [0.717, 1.165) is 23.5 Å². The van der Waals surface area contributed by atoms with E-state index in [1.165, 1.54) is 0 Å². The highest BCUT2D eigenvalue weighted by Crippen LogP contribution is 2.27. The maximum atomic E-state index is 9.23. The molecule has 1 atom stereocenters. The molecular formula is C10H17NOS. The van der Waals surface area contributed by atoms with Crippen LogP contribution in [0.15, 0.2) is 5.38 Å². The van der Waals surface area contributed by atoms with Gasteiger partial charge in [-0.1, -0.05) is 13.8 Å². The van der Waals surface area contributed by atoms with Crippen LogP contribution in [-0.4, -0.2) is 16.7 Å². The lowest BCUT2D eigenvalue weighted by molar-refractivity contribution is 0.137. The third kappa shape index (κ3) is 2.78. The average Bonchev–Trinajstić information content (AvgIpc) is 2.51. The second-order valence-corrected chi connectivity index (χ2v) is 4.82. The Morgan fingerprint density at radius 2 is 2.31 bits per heavy atom. The molecule has 3 heteroatoms. The van der Waals surface area contributed by atoms with Gasteiger partial charge in [0.25, 0.3) is 0 Å². The SMILES string of the molecule is CCC(C)(CO)Cc1nc(C)cs1. The summed E-state index contributed by atoms with van der Waals surface area (Å²) in [5, 5.41) is 12.4. The number of aliphatic hydroxyl groups is 1. The Kier molecular flexibility index (Phi) is 3.45. The van der Waals surface area contributed by atoms with Gasteiger partial charge in [-0.2, -0.15) is 0 Å². The summed E-state index contributed by atoms with van der Waals surface area (Å²) in [6.07, 6.45) is 1.88. The predicted molar refractivity (Wildman–Crippen MR) is 56.0 cm³/mol. The van der Waals surface area contributed by atoms with Gasteiger partial charge in [0.1, 0.15) is 0 Å². The predicted octanol–water partition coefficient (Wildman–Crippen LogP) is 2.40. The molecule has 13 heavy (non-hydrogen) atoms. The first-order valence-electron chi connectivity index (χ1n) is 4.61. The van der Waals surface area contributed by atoms with E-state index in [4.69, 9.17) is 0 Å². The number of rotatable bonds is 4. The molecule has 1 unspecified atom stereocenters. The summed E-state index contributed by atoms with van der Waals surface area (Å²) < 4.78 is 0. The second-order valence-electron chi connectivity index (χ2n) is 3.88. The molecule has 0 amide bonds. The Hall–Kier alpha value is -0.410. The van der Waals surface area contributed by atoms with Crippen molar-refractivity contribution in [1.29, 1.82) is 0 Å². The van der Waals surface area contributed by atoms with Gasteiger partial charge in [0.2, 0.25) is 0 Å². The van der Waals surface area contributed by atoms with Crippen LogP contribution in [0.2, 0.25) is 0 Å². The Morgan fingerprint density at radius 1 is 1.62 bits per heavy atom. The quantitative estimate of drug-likeness (QED) is 0.807. The number of hydrogen-bond acceptors (Lipinski definition) is 3. The molecule has 1 aromatic rings. The van der Waals surface area contributed by atoms with Gasteiger partial charge in [-0.25, -0.2) is 4.98 Å². The normalized spacial score (nSPS) is 15.7. The van der Waals surface area contributed by atoms with Gasteiger partial charge in [-0.05, 0) is 18.8 Å². The highest BCUT2D eigenvalue weighted by molar-refractivity contribution is 7.09. The van der Waals surface area contributed by atoms with Gasteiger partial charge in [-0.15, -0.1) is 11.3 Å². The Labute approximate surface area is 83.6 Å². The fourth-order valence-electron chi connectivity index (χ4n) is 1.14. The minimum atomic E-state index is 0.00426. The first kappa shape index (κ1) is 10.7. The lowest BCUT2D eigenvalue weighted by atomic mass is 9.85. The maximum Gasteiger partial charge on any atom is 0.0934 e. The van der Waals surface area contributed by atoms with Crippen LogP contribution >= 0.6 is 11.3 Å². The third-order valence-electron chi connectivity index (χ3n) is 2.48. The Balaban J connectivity index is 2.67. The van der Waals surface area contributed by atoms with E-state index >= 15 is 0 Å². The summed E-state index contributed by atoms with van der Waals surface area (Å²) >= 11 is 1.68. The maximum absolute atomic E-state index is 9.23. The van der Waals surface area contributed by atoms with Gasteiger partial charge in [0, 0.05) is 24.1 Å². The van der Waals surface area contributed by atoms with E-state index < -0.39 is 0 Å². The fourth-order valence-corrected chi connectivity index (χ4v) is 2.13. The van der Waals surface area contributed by atoms with Crippen LogP contribution in [0.1, 0.15) is 31.0 Å². The molecule has 0 radical (unpaired) electrons. The van der Waals surface area contributed by atoms with Gasteiger partial charge < -0.3 is 5.11 Å². The summed E-state index contributed by atoms with van der Waals surface area (Å²) in [5.74, 6) is 0. The van der Waals surface area contributed by atoms with E-state index in [9.17, 15) is 5.11 Å². The van der Waals surface area contributed by atoms with Crippen molar-refractivity contribution in [3.05, 3.63) is 16.1 Å². The van der Waals surface area contributed by atoms with Crippen molar-refractivity contribution in [2.75, 3.05) is 6.61 Å². The highest BCUT2D eigenvalue weighted by atomic mass is 32.1. The number of aromatic nitrogens is 1. The van der Waals surface area contributed by atoms with Crippen LogP contribution in [0.25, 0.3) is 0 Å². The molecule has 0 aliphatic rings. The Bertz CT molecular complexity index is 266. The Morgan fingerprint density at radius 3 is 2.69 bits per heavy atom. The molecule has 1 N–H and O–H groups in total. The van der Waals surface area contributed by atoms with Gasteiger partial charge in [0.15, 0.2) is 0 Å². The van der Waals surface area contributed by atoms with Crippen molar-refractivity contribution >= 4 is 11.3 Å². The zero-order valence-electron chi connectivity index (χ0n) is 8.50. The molecule has 0 saturated carbocycles. The number of nitrogens with zero attached hydrogens (tertiary/aromatic N) is 1. The van der Waals surface area contributed by atoms with E-state index in [2.05, 4.69) is 24.2 Å². The first-order valence-corrected chi connectivity index (χ1v) is 5.49. The smallest absolute Gasteiger partial charge is 0.0934 e. The van der Waals surface area contributed by atoms with E-state index in [-0.39, 0.29) is 12.0 Å². The van der Waals surface area contributed by atoms with Crippen molar-refractivity contribution in [1.82, 2.24) is 4.98 Å². The molecule has 0 fully saturated rings. The standard InChI is InChI=1S/C10H17NOS/c1-4-10(3,7-12)5-9-11-8(2)6-13-9/h6,12H,4-5,7H2,1-3H3. The average molecular weight is 199 g/mol. The van der Waals surface area contributed by atoms with Gasteiger partial charge in [0.05, 0.1) is 5.01 Å². The number of aliphatic hydroxyl groups excluding tert-OH is 1. The molecule has 0 aliphatic heterocycles. The highest BCUT2D eigenvalue weighted by Gasteiger charge is 2.22. The lowest BCUT2D eigenvalue weighted by Gasteiger charge is -2.23. The number of thiazole rings is 1. The molecule has 0 spiro atoms. The van der Waals surface area contributed by atoms with Crippen LogP contribution in [0.4, 0.5) is 0 Å². The lowest BCUT2D eigenvalue weighted by Crippen LogP contribution is -2.23. The van der Waals surface area contributed by atoms with Crippen LogP contribution < -0.4 is 0 Å². The van der Waals surface area contributed by atoms with Crippen LogP contribution in [0.5, 0.6) is 0 Å². The molecule has 1 rings (SSSR count). The zero-order valence-corrected chi connectivity index (χ0v) is 9.32. The molecule has 0 bridgehead atoms. The van der Waals surface area contributed by atoms with Gasteiger partial charge >= 0.3 is 0 Å². The van der Waals surface area contributed by atoms with Crippen LogP contribution in [-0.2, 0) is 6.42 Å². The number of aryl methyl sites for hydroxylation is 1. The minimum absolute atomic E-state index is 0.00426. The van der Waals surface area contributed by atoms with Crippen molar-refractivity contribution in [3.8, 4) is 0 Å². The monoisotopic (exact) mass is 199 g/mol. The minimum Gasteiger partial charge on any atom is -0.396 e. The van der Waals surface area contributed by atoms with Gasteiger partial charge in [-0.3, -0.25) is 0 Å². The topological polar surface area (TPSA) is 33.1 Å². The number of hydrogen-bond donors (Lipinski definition) is 1. The molecule has 74 valence electrons. The van der Waals surface area contributed by atoms with E-state index in [1.807, 2.05) is 6.92 Å². The third-order valence-corrected chi connectivity index (χ3v) is 3.45. The largest absolute Gasteiger partial charge is 0.396 e. The van der Waals surface area contributed by atoms with Crippen LogP contribution in [0.3, 0.4) is 0 Å². The molecule has 0 aromatic carbocycles. The zero-order chi connectivity index (χ0) is 9.90. The van der Waals surface area contributed by atoms with Crippen molar-refractivity contribution in [2.45, 2.75) is 33.6 Å². The molecule has 2 nitrogen and oxygen atoms in total. The summed E-state index contributed by atoms with van der Waals surface area (Å²) in [5.41, 5.74) is 1.08. The van der Waals surface area contributed by atoms with E-state index in [1.54, 1.807) is 11.3 Å². The molecule has 1 heterocycles. The summed E-state index contributed by atoms with van der Waals surface area (Å²) in [6, 6.07) is 0.